The van der Waals surface area contributed by atoms with Gasteiger partial charge in [0.15, 0.2) is 0 Å². The van der Waals surface area contributed by atoms with Crippen molar-refractivity contribution in [2.45, 2.75) is 6.92 Å². The SMILES string of the molecule is C=C(C)c1ccccc1.O=C1C=C(C=Cc2ccccc2)C(=O)O1. The quantitative estimate of drug-likeness (QED) is 0.621. The molecule has 2 aromatic carbocycles. The van der Waals surface area contributed by atoms with Gasteiger partial charge in [-0.15, -0.1) is 0 Å². The highest BCUT2D eigenvalue weighted by Gasteiger charge is 2.20. The maximum absolute atomic E-state index is 11.0. The van der Waals surface area contributed by atoms with E-state index < -0.39 is 11.9 Å². The van der Waals surface area contributed by atoms with Gasteiger partial charge in [-0.25, -0.2) is 9.59 Å². The summed E-state index contributed by atoms with van der Waals surface area (Å²) < 4.78 is 4.34. The minimum atomic E-state index is -0.604. The van der Waals surface area contributed by atoms with Crippen LogP contribution in [0.4, 0.5) is 0 Å². The van der Waals surface area contributed by atoms with Crippen LogP contribution in [-0.2, 0) is 14.3 Å². The van der Waals surface area contributed by atoms with Crippen molar-refractivity contribution in [1.29, 1.82) is 0 Å². The average Bonchev–Trinajstić information content (AvgIpc) is 2.93. The predicted molar refractivity (Wildman–Crippen MR) is 95.8 cm³/mol. The third-order valence-corrected chi connectivity index (χ3v) is 3.22. The van der Waals surface area contributed by atoms with E-state index in [1.54, 1.807) is 12.2 Å². The van der Waals surface area contributed by atoms with E-state index in [-0.39, 0.29) is 5.57 Å². The number of esters is 2. The van der Waals surface area contributed by atoms with E-state index in [0.717, 1.165) is 11.1 Å². The zero-order valence-corrected chi connectivity index (χ0v) is 13.4. The molecule has 1 heterocycles. The molecule has 1 aliphatic heterocycles. The minimum absolute atomic E-state index is 0.281. The van der Waals surface area contributed by atoms with Gasteiger partial charge < -0.3 is 4.74 Å². The lowest BCUT2D eigenvalue weighted by atomic mass is 10.1. The van der Waals surface area contributed by atoms with Crippen molar-refractivity contribution in [3.8, 4) is 0 Å². The maximum Gasteiger partial charge on any atom is 0.346 e. The molecule has 0 aliphatic carbocycles. The fourth-order valence-corrected chi connectivity index (χ4v) is 1.95. The molecular weight excluding hydrogens is 300 g/mol. The van der Waals surface area contributed by atoms with Crippen LogP contribution in [0.1, 0.15) is 18.1 Å². The molecule has 120 valence electrons. The van der Waals surface area contributed by atoms with Crippen LogP contribution in [-0.4, -0.2) is 11.9 Å². The lowest BCUT2D eigenvalue weighted by Crippen LogP contribution is -2.00. The Morgan fingerprint density at radius 1 is 0.917 bits per heavy atom. The molecule has 0 saturated heterocycles. The average molecular weight is 318 g/mol. The second kappa shape index (κ2) is 8.44. The Kier molecular flexibility index (Phi) is 6.03. The molecule has 0 unspecified atom stereocenters. The number of cyclic esters (lactones) is 2. The molecule has 0 spiro atoms. The van der Waals surface area contributed by atoms with Gasteiger partial charge in [-0.05, 0) is 24.1 Å². The minimum Gasteiger partial charge on any atom is -0.386 e. The summed E-state index contributed by atoms with van der Waals surface area (Å²) >= 11 is 0. The van der Waals surface area contributed by atoms with E-state index in [4.69, 9.17) is 0 Å². The van der Waals surface area contributed by atoms with Crippen molar-refractivity contribution >= 4 is 23.6 Å². The fourth-order valence-electron chi connectivity index (χ4n) is 1.95. The van der Waals surface area contributed by atoms with Crippen molar-refractivity contribution in [2.75, 3.05) is 0 Å². The molecule has 0 amide bonds. The molecule has 0 atom stereocenters. The molecule has 3 heteroatoms. The van der Waals surface area contributed by atoms with Gasteiger partial charge in [0, 0.05) is 6.08 Å². The van der Waals surface area contributed by atoms with Crippen LogP contribution in [0, 0.1) is 0 Å². The maximum atomic E-state index is 11.0. The zero-order chi connectivity index (χ0) is 17.4. The van der Waals surface area contributed by atoms with Gasteiger partial charge in [0.1, 0.15) is 0 Å². The number of hydrogen-bond acceptors (Lipinski definition) is 3. The number of hydrogen-bond donors (Lipinski definition) is 0. The number of ether oxygens (including phenoxy) is 1. The first kappa shape index (κ1) is 17.2. The van der Waals surface area contributed by atoms with Gasteiger partial charge in [-0.3, -0.25) is 0 Å². The molecule has 0 saturated carbocycles. The third kappa shape index (κ3) is 5.21. The Bertz CT molecular complexity index is 784. The molecule has 3 nitrogen and oxygen atoms in total. The molecular formula is C21H18O3. The molecule has 24 heavy (non-hydrogen) atoms. The summed E-state index contributed by atoms with van der Waals surface area (Å²) in [7, 11) is 0. The van der Waals surface area contributed by atoms with E-state index in [1.165, 1.54) is 11.6 Å². The lowest BCUT2D eigenvalue weighted by Gasteiger charge is -1.94. The Morgan fingerprint density at radius 3 is 1.96 bits per heavy atom. The van der Waals surface area contributed by atoms with Gasteiger partial charge in [0.2, 0.25) is 0 Å². The largest absolute Gasteiger partial charge is 0.386 e. The van der Waals surface area contributed by atoms with Gasteiger partial charge in [-0.2, -0.15) is 0 Å². The Labute approximate surface area is 141 Å². The second-order valence-electron chi connectivity index (χ2n) is 5.20. The van der Waals surface area contributed by atoms with Crippen LogP contribution >= 0.6 is 0 Å². The van der Waals surface area contributed by atoms with Crippen molar-refractivity contribution in [3.05, 3.63) is 96.1 Å². The lowest BCUT2D eigenvalue weighted by molar-refractivity contribution is -0.150. The summed E-state index contributed by atoms with van der Waals surface area (Å²) in [6, 6.07) is 19.7. The molecule has 2 aromatic rings. The smallest absolute Gasteiger partial charge is 0.346 e. The standard InChI is InChI=1S/C12H8O3.C9H10/c13-11-8-10(12(14)15-11)7-6-9-4-2-1-3-5-9;1-8(2)9-6-4-3-5-7-9/h1-8H;3-7H,1H2,2H3. The summed E-state index contributed by atoms with van der Waals surface area (Å²) in [6.07, 6.45) is 4.51. The van der Waals surface area contributed by atoms with Crippen LogP contribution in [0.15, 0.2) is 85.0 Å². The number of benzene rings is 2. The van der Waals surface area contributed by atoms with Gasteiger partial charge in [0.25, 0.3) is 0 Å². The third-order valence-electron chi connectivity index (χ3n) is 3.22. The second-order valence-corrected chi connectivity index (χ2v) is 5.20. The number of carbonyl (C=O) groups excluding carboxylic acids is 2. The first-order valence-electron chi connectivity index (χ1n) is 7.48. The van der Waals surface area contributed by atoms with E-state index in [0.29, 0.717) is 0 Å². The molecule has 0 radical (unpaired) electrons. The van der Waals surface area contributed by atoms with Crippen molar-refractivity contribution in [2.24, 2.45) is 0 Å². The molecule has 0 N–H and O–H groups in total. The predicted octanol–water partition coefficient (Wildman–Crippen LogP) is 4.43. The molecule has 0 fully saturated rings. The molecule has 1 aliphatic rings. The van der Waals surface area contributed by atoms with Gasteiger partial charge in [-0.1, -0.05) is 78.9 Å². The van der Waals surface area contributed by atoms with Gasteiger partial charge >= 0.3 is 11.9 Å². The summed E-state index contributed by atoms with van der Waals surface area (Å²) in [6.45, 7) is 5.83. The fraction of sp³-hybridized carbons (Fsp3) is 0.0476. The summed E-state index contributed by atoms with van der Waals surface area (Å²) in [5.74, 6) is -1.19. The Balaban J connectivity index is 0.000000198. The monoisotopic (exact) mass is 318 g/mol. The summed E-state index contributed by atoms with van der Waals surface area (Å²) in [5.41, 5.74) is 3.59. The first-order chi connectivity index (χ1) is 11.6. The van der Waals surface area contributed by atoms with E-state index in [1.807, 2.05) is 55.5 Å². The van der Waals surface area contributed by atoms with E-state index in [9.17, 15) is 9.59 Å². The topological polar surface area (TPSA) is 43.4 Å². The molecule has 0 aromatic heterocycles. The molecule has 0 bridgehead atoms. The van der Waals surface area contributed by atoms with Crippen LogP contribution in [0.2, 0.25) is 0 Å². The normalized spacial score (nSPS) is 13.1. The summed E-state index contributed by atoms with van der Waals surface area (Å²) in [4.78, 5) is 21.8. The number of rotatable bonds is 3. The Hall–Kier alpha value is -3.20. The Morgan fingerprint density at radius 2 is 1.50 bits per heavy atom. The first-order valence-corrected chi connectivity index (χ1v) is 7.48. The summed E-state index contributed by atoms with van der Waals surface area (Å²) in [5, 5.41) is 0. The zero-order valence-electron chi connectivity index (χ0n) is 13.4. The van der Waals surface area contributed by atoms with Crippen LogP contribution in [0.25, 0.3) is 11.6 Å². The highest BCUT2D eigenvalue weighted by atomic mass is 16.6. The number of carbonyl (C=O) groups is 2. The molecule has 3 rings (SSSR count). The van der Waals surface area contributed by atoms with Crippen molar-refractivity contribution in [1.82, 2.24) is 0 Å². The van der Waals surface area contributed by atoms with Gasteiger partial charge in [0.05, 0.1) is 5.57 Å². The van der Waals surface area contributed by atoms with E-state index >= 15 is 0 Å². The van der Waals surface area contributed by atoms with Crippen LogP contribution in [0.3, 0.4) is 0 Å². The van der Waals surface area contributed by atoms with Crippen molar-refractivity contribution < 1.29 is 14.3 Å². The highest BCUT2D eigenvalue weighted by Crippen LogP contribution is 2.12. The number of allylic oxidation sites excluding steroid dienone is 1. The van der Waals surface area contributed by atoms with Crippen LogP contribution in [0.5, 0.6) is 0 Å². The highest BCUT2D eigenvalue weighted by molar-refractivity contribution is 6.11. The van der Waals surface area contributed by atoms with Crippen molar-refractivity contribution in [3.63, 3.8) is 0 Å². The van der Waals surface area contributed by atoms with E-state index in [2.05, 4.69) is 23.4 Å². The van der Waals surface area contributed by atoms with Crippen LogP contribution < -0.4 is 0 Å².